The number of aromatic hydroxyl groups is 1. The van der Waals surface area contributed by atoms with Crippen LogP contribution in [0, 0.1) is 5.82 Å². The van der Waals surface area contributed by atoms with Crippen LogP contribution in [0.15, 0.2) is 66.7 Å². The van der Waals surface area contributed by atoms with Gasteiger partial charge in [0, 0.05) is 11.3 Å². The predicted molar refractivity (Wildman–Crippen MR) is 106 cm³/mol. The molecule has 0 radical (unpaired) electrons. The molecule has 0 aliphatic carbocycles. The zero-order valence-corrected chi connectivity index (χ0v) is 15.6. The van der Waals surface area contributed by atoms with Crippen LogP contribution in [0.2, 0.25) is 0 Å². The summed E-state index contributed by atoms with van der Waals surface area (Å²) >= 11 is 0. The van der Waals surface area contributed by atoms with Crippen LogP contribution < -0.4 is 10.0 Å². The van der Waals surface area contributed by atoms with Gasteiger partial charge in [0.2, 0.25) is 10.0 Å². The topological polar surface area (TPSA) is 95.5 Å². The Bertz CT molecular complexity index is 1110. The number of hydrogen-bond donors (Lipinski definition) is 3. The second kappa shape index (κ2) is 7.69. The van der Waals surface area contributed by atoms with Gasteiger partial charge in [0.05, 0.1) is 11.9 Å². The molecule has 0 unspecified atom stereocenters. The van der Waals surface area contributed by atoms with Gasteiger partial charge in [-0.2, -0.15) is 0 Å². The normalized spacial score (nSPS) is 11.1. The van der Waals surface area contributed by atoms with Crippen LogP contribution in [0.5, 0.6) is 5.75 Å². The molecule has 0 spiro atoms. The maximum Gasteiger partial charge on any atom is 0.255 e. The Labute approximate surface area is 161 Å². The second-order valence-corrected chi connectivity index (χ2v) is 7.89. The molecule has 0 aromatic heterocycles. The number of rotatable bonds is 5. The van der Waals surface area contributed by atoms with Crippen LogP contribution in [0.1, 0.15) is 10.4 Å². The van der Waals surface area contributed by atoms with Crippen molar-refractivity contribution in [1.29, 1.82) is 0 Å². The van der Waals surface area contributed by atoms with Crippen molar-refractivity contribution in [2.45, 2.75) is 0 Å². The molecule has 1 amide bonds. The smallest absolute Gasteiger partial charge is 0.255 e. The first-order chi connectivity index (χ1) is 13.2. The Morgan fingerprint density at radius 1 is 0.929 bits per heavy atom. The number of phenolic OH excluding ortho intramolecular Hbond substituents is 1. The number of hydrogen-bond acceptors (Lipinski definition) is 4. The van der Waals surface area contributed by atoms with E-state index in [1.807, 2.05) is 0 Å². The standard InChI is InChI=1S/C20H17FN2O4S/c1-28(26,27)23-18-12-17(10-11-19(18)24)22-20(25)15-4-2-13(3-5-15)14-6-8-16(21)9-7-14/h2-12,23-24H,1H3,(H,22,25). The molecule has 3 rings (SSSR count). The maximum atomic E-state index is 13.0. The number of amides is 1. The highest BCUT2D eigenvalue weighted by molar-refractivity contribution is 7.92. The molecule has 28 heavy (non-hydrogen) atoms. The maximum absolute atomic E-state index is 13.0. The predicted octanol–water partition coefficient (Wildman–Crippen LogP) is 3.82. The molecule has 8 heteroatoms. The van der Waals surface area contributed by atoms with Crippen molar-refractivity contribution in [3.05, 3.63) is 78.1 Å². The number of nitrogens with one attached hydrogen (secondary N) is 2. The Kier molecular flexibility index (Phi) is 5.32. The van der Waals surface area contributed by atoms with Gasteiger partial charge in [-0.15, -0.1) is 0 Å². The Balaban J connectivity index is 1.76. The van der Waals surface area contributed by atoms with Crippen molar-refractivity contribution >= 4 is 27.3 Å². The Hall–Kier alpha value is -3.39. The summed E-state index contributed by atoms with van der Waals surface area (Å²) < 4.78 is 37.9. The van der Waals surface area contributed by atoms with Gasteiger partial charge in [0.25, 0.3) is 5.91 Å². The van der Waals surface area contributed by atoms with Gasteiger partial charge in [-0.25, -0.2) is 12.8 Å². The fourth-order valence-corrected chi connectivity index (χ4v) is 3.12. The van der Waals surface area contributed by atoms with Gasteiger partial charge in [-0.05, 0) is 53.6 Å². The number of halogens is 1. The number of carbonyl (C=O) groups excluding carboxylic acids is 1. The lowest BCUT2D eigenvalue weighted by molar-refractivity contribution is 0.102. The highest BCUT2D eigenvalue weighted by atomic mass is 32.2. The van der Waals surface area contributed by atoms with Crippen LogP contribution in [0.3, 0.4) is 0 Å². The average Bonchev–Trinajstić information content (AvgIpc) is 2.64. The molecule has 6 nitrogen and oxygen atoms in total. The lowest BCUT2D eigenvalue weighted by atomic mass is 10.0. The first-order valence-corrected chi connectivity index (χ1v) is 10.1. The summed E-state index contributed by atoms with van der Waals surface area (Å²) in [5.74, 6) is -0.980. The van der Waals surface area contributed by atoms with E-state index >= 15 is 0 Å². The van der Waals surface area contributed by atoms with E-state index in [0.29, 0.717) is 11.3 Å². The third-order valence-corrected chi connectivity index (χ3v) is 4.47. The molecule has 144 valence electrons. The van der Waals surface area contributed by atoms with E-state index in [1.54, 1.807) is 36.4 Å². The fourth-order valence-electron chi connectivity index (χ4n) is 2.55. The zero-order chi connectivity index (χ0) is 20.3. The minimum atomic E-state index is -3.58. The van der Waals surface area contributed by atoms with Crippen molar-refractivity contribution < 1.29 is 22.7 Å². The number of anilines is 2. The molecular weight excluding hydrogens is 383 g/mol. The molecule has 0 atom stereocenters. The van der Waals surface area contributed by atoms with Gasteiger partial charge < -0.3 is 10.4 Å². The summed E-state index contributed by atoms with van der Waals surface area (Å²) in [5.41, 5.74) is 2.32. The van der Waals surface area contributed by atoms with E-state index in [4.69, 9.17) is 0 Å². The van der Waals surface area contributed by atoms with E-state index in [2.05, 4.69) is 10.0 Å². The quantitative estimate of drug-likeness (QED) is 0.448. The van der Waals surface area contributed by atoms with E-state index in [1.165, 1.54) is 30.3 Å². The van der Waals surface area contributed by atoms with Gasteiger partial charge in [-0.1, -0.05) is 24.3 Å². The van der Waals surface area contributed by atoms with Crippen LogP contribution in [-0.2, 0) is 10.0 Å². The fraction of sp³-hybridized carbons (Fsp3) is 0.0500. The summed E-state index contributed by atoms with van der Waals surface area (Å²) in [5, 5.41) is 12.4. The van der Waals surface area contributed by atoms with Crippen molar-refractivity contribution in [2.75, 3.05) is 16.3 Å². The third kappa shape index (κ3) is 4.86. The summed E-state index contributed by atoms with van der Waals surface area (Å²) in [4.78, 5) is 12.4. The highest BCUT2D eigenvalue weighted by Gasteiger charge is 2.11. The molecule has 0 aliphatic rings. The third-order valence-electron chi connectivity index (χ3n) is 3.87. The van der Waals surface area contributed by atoms with E-state index < -0.39 is 15.9 Å². The lowest BCUT2D eigenvalue weighted by Crippen LogP contribution is -2.13. The van der Waals surface area contributed by atoms with Crippen molar-refractivity contribution in [3.8, 4) is 16.9 Å². The molecule has 3 N–H and O–H groups in total. The number of benzene rings is 3. The molecule has 0 aliphatic heterocycles. The summed E-state index contributed by atoms with van der Waals surface area (Å²) in [6.45, 7) is 0. The Morgan fingerprint density at radius 3 is 2.07 bits per heavy atom. The molecule has 0 heterocycles. The molecule has 0 bridgehead atoms. The van der Waals surface area contributed by atoms with Crippen molar-refractivity contribution in [1.82, 2.24) is 0 Å². The molecule has 3 aromatic rings. The number of carbonyl (C=O) groups is 1. The van der Waals surface area contributed by atoms with Gasteiger partial charge in [-0.3, -0.25) is 9.52 Å². The van der Waals surface area contributed by atoms with E-state index in [-0.39, 0.29) is 17.3 Å². The average molecular weight is 400 g/mol. The van der Waals surface area contributed by atoms with Crippen molar-refractivity contribution in [2.24, 2.45) is 0 Å². The number of phenols is 1. The summed E-state index contributed by atoms with van der Waals surface area (Å²) in [6.07, 6.45) is 0.959. The number of sulfonamides is 1. The van der Waals surface area contributed by atoms with Crippen LogP contribution >= 0.6 is 0 Å². The first-order valence-electron chi connectivity index (χ1n) is 8.19. The minimum Gasteiger partial charge on any atom is -0.506 e. The van der Waals surface area contributed by atoms with Gasteiger partial charge in [0.1, 0.15) is 11.6 Å². The molecule has 0 saturated carbocycles. The van der Waals surface area contributed by atoms with E-state index in [0.717, 1.165) is 17.4 Å². The molecule has 3 aromatic carbocycles. The first kappa shape index (κ1) is 19.4. The largest absolute Gasteiger partial charge is 0.506 e. The zero-order valence-electron chi connectivity index (χ0n) is 14.8. The minimum absolute atomic E-state index is 0.0352. The van der Waals surface area contributed by atoms with Crippen molar-refractivity contribution in [3.63, 3.8) is 0 Å². The molecule has 0 saturated heterocycles. The van der Waals surface area contributed by atoms with Gasteiger partial charge in [0.15, 0.2) is 0 Å². The van der Waals surface area contributed by atoms with Crippen LogP contribution in [-0.4, -0.2) is 25.7 Å². The van der Waals surface area contributed by atoms with Crippen LogP contribution in [0.4, 0.5) is 15.8 Å². The SMILES string of the molecule is CS(=O)(=O)Nc1cc(NC(=O)c2ccc(-c3ccc(F)cc3)cc2)ccc1O. The second-order valence-electron chi connectivity index (χ2n) is 6.14. The van der Waals surface area contributed by atoms with Crippen LogP contribution in [0.25, 0.3) is 11.1 Å². The monoisotopic (exact) mass is 400 g/mol. The summed E-state index contributed by atoms with van der Waals surface area (Å²) in [7, 11) is -3.58. The Morgan fingerprint density at radius 2 is 1.50 bits per heavy atom. The lowest BCUT2D eigenvalue weighted by Gasteiger charge is -2.10. The van der Waals surface area contributed by atoms with E-state index in [9.17, 15) is 22.7 Å². The molecular formula is C20H17FN2O4S. The molecule has 0 fully saturated rings. The highest BCUT2D eigenvalue weighted by Crippen LogP contribution is 2.28. The summed E-state index contributed by atoms with van der Waals surface area (Å²) in [6, 6.07) is 16.8. The van der Waals surface area contributed by atoms with Gasteiger partial charge >= 0.3 is 0 Å².